The summed E-state index contributed by atoms with van der Waals surface area (Å²) in [6.45, 7) is 6.90. The Morgan fingerprint density at radius 2 is 1.64 bits per heavy atom. The number of sulfonamides is 1. The molecule has 0 amide bonds. The van der Waals surface area contributed by atoms with Crippen molar-refractivity contribution in [1.82, 2.24) is 14.2 Å². The van der Waals surface area contributed by atoms with E-state index in [4.69, 9.17) is 14.2 Å². The smallest absolute Gasteiger partial charge is 0.244 e. The lowest BCUT2D eigenvalue weighted by atomic mass is 10.3. The van der Waals surface area contributed by atoms with E-state index in [1.165, 1.54) is 10.5 Å². The van der Waals surface area contributed by atoms with E-state index in [2.05, 4.69) is 14.8 Å². The third-order valence-electron chi connectivity index (χ3n) is 5.97. The summed E-state index contributed by atoms with van der Waals surface area (Å²) in [6, 6.07) is 11.1. The van der Waals surface area contributed by atoms with Crippen LogP contribution in [-0.2, 0) is 14.8 Å². The molecular weight excluding hydrogens is 444 g/mol. The van der Waals surface area contributed by atoms with Gasteiger partial charge >= 0.3 is 0 Å². The quantitative estimate of drug-likeness (QED) is 0.506. The van der Waals surface area contributed by atoms with Gasteiger partial charge in [-0.25, -0.2) is 13.4 Å². The molecule has 0 saturated carbocycles. The molecule has 0 N–H and O–H groups in total. The van der Waals surface area contributed by atoms with Gasteiger partial charge in [0.25, 0.3) is 0 Å². The Bertz CT molecular complexity index is 971. The van der Waals surface area contributed by atoms with Crippen molar-refractivity contribution < 1.29 is 22.6 Å². The molecule has 0 aliphatic carbocycles. The van der Waals surface area contributed by atoms with Crippen molar-refractivity contribution in [2.75, 3.05) is 77.6 Å². The molecule has 2 aliphatic rings. The van der Waals surface area contributed by atoms with Gasteiger partial charge in [0.1, 0.15) is 22.2 Å². The fourth-order valence-corrected chi connectivity index (χ4v) is 5.35. The second-order valence-corrected chi connectivity index (χ2v) is 10.0. The predicted molar refractivity (Wildman–Crippen MR) is 126 cm³/mol. The molecule has 0 atom stereocenters. The van der Waals surface area contributed by atoms with Gasteiger partial charge in [0.15, 0.2) is 0 Å². The molecule has 3 heterocycles. The minimum Gasteiger partial charge on any atom is -0.497 e. The van der Waals surface area contributed by atoms with E-state index in [9.17, 15) is 8.42 Å². The molecule has 2 saturated heterocycles. The zero-order valence-corrected chi connectivity index (χ0v) is 19.9. The molecule has 4 rings (SSSR count). The molecule has 0 spiro atoms. The van der Waals surface area contributed by atoms with Crippen molar-refractivity contribution >= 4 is 15.8 Å². The first-order valence-electron chi connectivity index (χ1n) is 11.3. The standard InChI is InChI=1S/C23H32N4O5S/c1-30-20-3-5-21(6-4-20)32-16-2-9-25-10-12-26(13-11-25)23-8-7-22(19-24-23)33(28,29)27-14-17-31-18-15-27/h3-8,19H,2,9-18H2,1H3. The highest BCUT2D eigenvalue weighted by Gasteiger charge is 2.27. The van der Waals surface area contributed by atoms with Gasteiger partial charge in [0.05, 0.1) is 26.9 Å². The summed E-state index contributed by atoms with van der Waals surface area (Å²) in [5.41, 5.74) is 0. The van der Waals surface area contributed by atoms with Gasteiger partial charge in [0, 0.05) is 52.0 Å². The van der Waals surface area contributed by atoms with Crippen LogP contribution in [0.2, 0.25) is 0 Å². The van der Waals surface area contributed by atoms with Crippen molar-refractivity contribution in [2.24, 2.45) is 0 Å². The molecule has 2 aromatic rings. The third kappa shape index (κ3) is 6.14. The number of hydrogen-bond donors (Lipinski definition) is 0. The first kappa shape index (κ1) is 23.7. The van der Waals surface area contributed by atoms with Crippen LogP contribution >= 0.6 is 0 Å². The molecule has 180 valence electrons. The average Bonchev–Trinajstić information content (AvgIpc) is 2.88. The van der Waals surface area contributed by atoms with E-state index >= 15 is 0 Å². The molecule has 1 aromatic carbocycles. The molecule has 0 unspecified atom stereocenters. The fraction of sp³-hybridized carbons (Fsp3) is 0.522. The van der Waals surface area contributed by atoms with Gasteiger partial charge < -0.3 is 19.1 Å². The van der Waals surface area contributed by atoms with E-state index in [0.717, 1.165) is 56.5 Å². The Kier molecular flexibility index (Phi) is 8.02. The lowest BCUT2D eigenvalue weighted by Gasteiger charge is -2.35. The summed E-state index contributed by atoms with van der Waals surface area (Å²) in [5, 5.41) is 0. The molecule has 2 aliphatic heterocycles. The van der Waals surface area contributed by atoms with Crippen molar-refractivity contribution in [3.63, 3.8) is 0 Å². The number of rotatable bonds is 9. The Balaban J connectivity index is 1.20. The maximum Gasteiger partial charge on any atom is 0.244 e. The van der Waals surface area contributed by atoms with Gasteiger partial charge in [-0.15, -0.1) is 0 Å². The van der Waals surface area contributed by atoms with E-state index in [-0.39, 0.29) is 4.90 Å². The van der Waals surface area contributed by atoms with E-state index in [0.29, 0.717) is 32.9 Å². The molecule has 0 radical (unpaired) electrons. The zero-order valence-electron chi connectivity index (χ0n) is 19.1. The van der Waals surface area contributed by atoms with Gasteiger partial charge in [0.2, 0.25) is 10.0 Å². The highest BCUT2D eigenvalue weighted by molar-refractivity contribution is 7.89. The number of morpholine rings is 1. The molecule has 2 fully saturated rings. The Labute approximate surface area is 195 Å². The van der Waals surface area contributed by atoms with Crippen LogP contribution in [0.15, 0.2) is 47.5 Å². The minimum absolute atomic E-state index is 0.239. The number of pyridine rings is 1. The number of hydrogen-bond acceptors (Lipinski definition) is 8. The number of ether oxygens (including phenoxy) is 3. The Morgan fingerprint density at radius 3 is 2.27 bits per heavy atom. The highest BCUT2D eigenvalue weighted by atomic mass is 32.2. The largest absolute Gasteiger partial charge is 0.497 e. The van der Waals surface area contributed by atoms with Crippen LogP contribution < -0.4 is 14.4 Å². The predicted octanol–water partition coefficient (Wildman–Crippen LogP) is 1.70. The molecule has 0 bridgehead atoms. The number of methoxy groups -OCH3 is 1. The number of nitrogens with zero attached hydrogens (tertiary/aromatic N) is 4. The maximum atomic E-state index is 12.8. The Morgan fingerprint density at radius 1 is 0.939 bits per heavy atom. The Hall–Kier alpha value is -2.40. The van der Waals surface area contributed by atoms with Crippen LogP contribution in [0.4, 0.5) is 5.82 Å². The van der Waals surface area contributed by atoms with Crippen LogP contribution in [0.3, 0.4) is 0 Å². The maximum absolute atomic E-state index is 12.8. The summed E-state index contributed by atoms with van der Waals surface area (Å²) in [7, 11) is -1.86. The van der Waals surface area contributed by atoms with Crippen LogP contribution in [0.1, 0.15) is 6.42 Å². The summed E-state index contributed by atoms with van der Waals surface area (Å²) < 4.78 is 43.2. The monoisotopic (exact) mass is 476 g/mol. The zero-order chi connectivity index (χ0) is 23.1. The van der Waals surface area contributed by atoms with E-state index < -0.39 is 10.0 Å². The summed E-state index contributed by atoms with van der Waals surface area (Å²) in [5.74, 6) is 2.49. The van der Waals surface area contributed by atoms with Crippen LogP contribution in [0, 0.1) is 0 Å². The third-order valence-corrected chi connectivity index (χ3v) is 7.85. The normalized spacial score (nSPS) is 18.3. The minimum atomic E-state index is -3.51. The second kappa shape index (κ2) is 11.1. The molecule has 9 nitrogen and oxygen atoms in total. The average molecular weight is 477 g/mol. The lowest BCUT2D eigenvalue weighted by molar-refractivity contribution is 0.0730. The van der Waals surface area contributed by atoms with Gasteiger partial charge in [-0.3, -0.25) is 4.90 Å². The first-order valence-corrected chi connectivity index (χ1v) is 12.8. The lowest BCUT2D eigenvalue weighted by Crippen LogP contribution is -2.47. The molecule has 33 heavy (non-hydrogen) atoms. The molecule has 10 heteroatoms. The van der Waals surface area contributed by atoms with Crippen molar-refractivity contribution in [3.8, 4) is 11.5 Å². The van der Waals surface area contributed by atoms with Crippen LogP contribution in [-0.4, -0.2) is 95.4 Å². The van der Waals surface area contributed by atoms with Crippen LogP contribution in [0.25, 0.3) is 0 Å². The second-order valence-electron chi connectivity index (χ2n) is 8.07. The van der Waals surface area contributed by atoms with Gasteiger partial charge in [-0.05, 0) is 42.8 Å². The number of piperazine rings is 1. The summed E-state index contributed by atoms with van der Waals surface area (Å²) >= 11 is 0. The molecular formula is C23H32N4O5S. The summed E-state index contributed by atoms with van der Waals surface area (Å²) in [4.78, 5) is 9.32. The topological polar surface area (TPSA) is 84.4 Å². The van der Waals surface area contributed by atoms with Crippen molar-refractivity contribution in [1.29, 1.82) is 0 Å². The van der Waals surface area contributed by atoms with Gasteiger partial charge in [-0.2, -0.15) is 4.31 Å². The van der Waals surface area contributed by atoms with Crippen LogP contribution in [0.5, 0.6) is 11.5 Å². The van der Waals surface area contributed by atoms with E-state index in [1.54, 1.807) is 13.2 Å². The summed E-state index contributed by atoms with van der Waals surface area (Å²) in [6.07, 6.45) is 2.43. The highest BCUT2D eigenvalue weighted by Crippen LogP contribution is 2.20. The van der Waals surface area contributed by atoms with Gasteiger partial charge in [-0.1, -0.05) is 0 Å². The fourth-order valence-electron chi connectivity index (χ4n) is 4.00. The first-order chi connectivity index (χ1) is 16.1. The van der Waals surface area contributed by atoms with Crippen molar-refractivity contribution in [3.05, 3.63) is 42.6 Å². The number of aromatic nitrogens is 1. The molecule has 1 aromatic heterocycles. The SMILES string of the molecule is COc1ccc(OCCCN2CCN(c3ccc(S(=O)(=O)N4CCOCC4)cn3)CC2)cc1. The number of anilines is 1. The van der Waals surface area contributed by atoms with Crippen molar-refractivity contribution in [2.45, 2.75) is 11.3 Å². The number of benzene rings is 1. The van der Waals surface area contributed by atoms with E-state index in [1.807, 2.05) is 30.3 Å².